The third kappa shape index (κ3) is 6.80. The van der Waals surface area contributed by atoms with Crippen LogP contribution in [0.25, 0.3) is 5.69 Å². The number of rotatable bonds is 9. The van der Waals surface area contributed by atoms with Crippen molar-refractivity contribution < 1.29 is 9.22 Å². The smallest absolute Gasteiger partial charge is 0.320 e. The molecule has 4 heterocycles. The average molecular weight is 574 g/mol. The van der Waals surface area contributed by atoms with Gasteiger partial charge in [0.25, 0.3) is 5.56 Å². The highest BCUT2D eigenvalue weighted by Crippen LogP contribution is 2.37. The molecule has 9 heteroatoms. The number of carbonyl (C=O) groups is 1. The second-order valence-electron chi connectivity index (χ2n) is 12.8. The van der Waals surface area contributed by atoms with Gasteiger partial charge in [0, 0.05) is 51.5 Å². The molecule has 0 spiro atoms. The Bertz CT molecular complexity index is 1420. The van der Waals surface area contributed by atoms with E-state index < -0.39 is 8.32 Å². The predicted molar refractivity (Wildman–Crippen MR) is 165 cm³/mol. The Morgan fingerprint density at radius 1 is 0.902 bits per heavy atom. The van der Waals surface area contributed by atoms with Crippen LogP contribution in [0.4, 0.5) is 4.79 Å². The summed E-state index contributed by atoms with van der Waals surface area (Å²) in [5.41, 5.74) is 4.24. The van der Waals surface area contributed by atoms with E-state index >= 15 is 0 Å². The van der Waals surface area contributed by atoms with Crippen LogP contribution in [0.2, 0.25) is 18.1 Å². The summed E-state index contributed by atoms with van der Waals surface area (Å²) in [4.78, 5) is 36.5. The largest absolute Gasteiger partial charge is 0.411 e. The van der Waals surface area contributed by atoms with Crippen LogP contribution >= 0.6 is 0 Å². The van der Waals surface area contributed by atoms with Crippen molar-refractivity contribution >= 4 is 14.3 Å². The molecular weight excluding hydrogens is 530 g/mol. The molecule has 1 aromatic carbocycles. The number of hydrogen-bond donors (Lipinski definition) is 0. The van der Waals surface area contributed by atoms with E-state index in [-0.39, 0.29) is 22.7 Å². The van der Waals surface area contributed by atoms with Gasteiger partial charge in [-0.25, -0.2) is 4.79 Å². The van der Waals surface area contributed by atoms with Gasteiger partial charge < -0.3 is 14.2 Å². The normalized spacial score (nSPS) is 17.1. The van der Waals surface area contributed by atoms with E-state index in [9.17, 15) is 9.59 Å². The highest BCUT2D eigenvalue weighted by Gasteiger charge is 2.41. The second-order valence-corrected chi connectivity index (χ2v) is 17.6. The quantitative estimate of drug-likeness (QED) is 0.340. The number of urea groups is 1. The third-order valence-corrected chi connectivity index (χ3v) is 13.3. The van der Waals surface area contributed by atoms with Crippen molar-refractivity contribution in [1.29, 1.82) is 0 Å². The van der Waals surface area contributed by atoms with Crippen molar-refractivity contribution in [3.63, 3.8) is 0 Å². The number of aromatic nitrogens is 2. The minimum Gasteiger partial charge on any atom is -0.411 e. The highest BCUT2D eigenvalue weighted by molar-refractivity contribution is 6.74. The minimum absolute atomic E-state index is 0.0305. The van der Waals surface area contributed by atoms with Gasteiger partial charge in [-0.3, -0.25) is 19.2 Å². The molecule has 1 saturated heterocycles. The molecule has 41 heavy (non-hydrogen) atoms. The zero-order chi connectivity index (χ0) is 29.2. The highest BCUT2D eigenvalue weighted by atomic mass is 28.4. The lowest BCUT2D eigenvalue weighted by Crippen LogP contribution is -2.51. The fraction of sp³-hybridized carbons (Fsp3) is 0.469. The van der Waals surface area contributed by atoms with E-state index in [1.807, 2.05) is 28.0 Å². The Kier molecular flexibility index (Phi) is 8.49. The van der Waals surface area contributed by atoms with Crippen LogP contribution in [0.1, 0.15) is 37.6 Å². The Hall–Kier alpha value is -3.27. The molecular formula is C32H43N5O3Si. The lowest BCUT2D eigenvalue weighted by molar-refractivity contribution is 0.0878. The van der Waals surface area contributed by atoms with Crippen molar-refractivity contribution in [3.8, 4) is 5.69 Å². The Morgan fingerprint density at radius 3 is 2.34 bits per heavy atom. The zero-order valence-electron chi connectivity index (χ0n) is 25.0. The van der Waals surface area contributed by atoms with Gasteiger partial charge in [-0.1, -0.05) is 51.1 Å². The number of carbonyl (C=O) groups excluding carboxylic acids is 1. The molecule has 0 N–H and O–H groups in total. The maximum atomic E-state index is 13.5. The van der Waals surface area contributed by atoms with Crippen molar-refractivity contribution in [3.05, 3.63) is 94.2 Å². The van der Waals surface area contributed by atoms with Gasteiger partial charge in [-0.2, -0.15) is 0 Å². The Morgan fingerprint density at radius 2 is 1.63 bits per heavy atom. The van der Waals surface area contributed by atoms with Crippen LogP contribution in [0, 0.1) is 0 Å². The van der Waals surface area contributed by atoms with E-state index in [0.717, 1.165) is 31.7 Å². The van der Waals surface area contributed by atoms with E-state index in [1.54, 1.807) is 23.0 Å². The van der Waals surface area contributed by atoms with Crippen molar-refractivity contribution in [2.45, 2.75) is 64.5 Å². The van der Waals surface area contributed by atoms with Gasteiger partial charge in [-0.05, 0) is 53.9 Å². The van der Waals surface area contributed by atoms with Crippen LogP contribution in [0.5, 0.6) is 0 Å². The summed E-state index contributed by atoms with van der Waals surface area (Å²) in [6, 6.07) is 17.6. The molecule has 218 valence electrons. The number of fused-ring (bicyclic) bond motifs is 1. The maximum Gasteiger partial charge on any atom is 0.320 e. The SMILES string of the molecule is CC(C)(C)[Si](C)(C)O[C@H](CN1CCc2ccccc2C1)CN1CCN(Cc2ccc(-n3ccccc3=O)cn2)C1=O. The molecule has 0 radical (unpaired) electrons. The first kappa shape index (κ1) is 29.2. The molecule has 3 aromatic rings. The number of pyridine rings is 2. The van der Waals surface area contributed by atoms with Gasteiger partial charge in [0.1, 0.15) is 0 Å². The van der Waals surface area contributed by atoms with Crippen LogP contribution in [0.3, 0.4) is 0 Å². The van der Waals surface area contributed by atoms with Gasteiger partial charge >= 0.3 is 6.03 Å². The number of amides is 2. The summed E-state index contributed by atoms with van der Waals surface area (Å²) < 4.78 is 8.52. The lowest BCUT2D eigenvalue weighted by Gasteiger charge is -2.42. The summed E-state index contributed by atoms with van der Waals surface area (Å²) in [6.07, 6.45) is 4.41. The second kappa shape index (κ2) is 11.9. The molecule has 2 aromatic heterocycles. The van der Waals surface area contributed by atoms with Gasteiger partial charge in [-0.15, -0.1) is 0 Å². The fourth-order valence-corrected chi connectivity index (χ4v) is 6.74. The van der Waals surface area contributed by atoms with E-state index in [1.165, 1.54) is 17.2 Å². The van der Waals surface area contributed by atoms with E-state index in [4.69, 9.17) is 4.43 Å². The molecule has 8 nitrogen and oxygen atoms in total. The van der Waals surface area contributed by atoms with Crippen LogP contribution < -0.4 is 5.56 Å². The molecule has 0 bridgehead atoms. The first-order chi connectivity index (χ1) is 19.5. The standard InChI is InChI=1S/C32H43N5O3Si/c1-32(2,3)41(4,5)40-29(23-34-17-15-25-10-6-7-11-26(25)21-34)24-36-19-18-35(31(36)39)22-27-13-14-28(20-33-27)37-16-9-8-12-30(37)38/h6-14,16,20,29H,15,17-19,21-24H2,1-5H3/t29-/m1/s1. The molecule has 0 aliphatic carbocycles. The summed E-state index contributed by atoms with van der Waals surface area (Å²) >= 11 is 0. The van der Waals surface area contributed by atoms with Gasteiger partial charge in [0.2, 0.25) is 0 Å². The minimum atomic E-state index is -2.05. The van der Waals surface area contributed by atoms with Crippen LogP contribution in [-0.2, 0) is 23.9 Å². The lowest BCUT2D eigenvalue weighted by atomic mass is 10.00. The van der Waals surface area contributed by atoms with Gasteiger partial charge in [0.15, 0.2) is 8.32 Å². The van der Waals surface area contributed by atoms with E-state index in [2.05, 4.69) is 68.0 Å². The van der Waals surface area contributed by atoms with E-state index in [0.29, 0.717) is 31.9 Å². The third-order valence-electron chi connectivity index (χ3n) is 8.81. The van der Waals surface area contributed by atoms with Crippen molar-refractivity contribution in [2.75, 3.05) is 32.7 Å². The van der Waals surface area contributed by atoms with Crippen LogP contribution in [-0.4, -0.2) is 77.4 Å². The topological polar surface area (TPSA) is 70.9 Å². The summed E-state index contributed by atoms with van der Waals surface area (Å²) in [5.74, 6) is 0. The molecule has 2 aliphatic rings. The molecule has 2 aliphatic heterocycles. The fourth-order valence-electron chi connectivity index (χ4n) is 5.41. The Labute approximate surface area is 244 Å². The summed E-state index contributed by atoms with van der Waals surface area (Å²) in [6.45, 7) is 16.5. The average Bonchev–Trinajstić information content (AvgIpc) is 3.27. The van der Waals surface area contributed by atoms with Gasteiger partial charge in [0.05, 0.1) is 30.2 Å². The van der Waals surface area contributed by atoms with Crippen LogP contribution in [0.15, 0.2) is 71.8 Å². The molecule has 1 fully saturated rings. The zero-order valence-corrected chi connectivity index (χ0v) is 26.0. The Balaban J connectivity index is 1.25. The molecule has 0 saturated carbocycles. The first-order valence-electron chi connectivity index (χ1n) is 14.6. The monoisotopic (exact) mass is 573 g/mol. The first-order valence-corrected chi connectivity index (χ1v) is 17.5. The molecule has 1 atom stereocenters. The maximum absolute atomic E-state index is 13.5. The summed E-state index contributed by atoms with van der Waals surface area (Å²) in [5, 5.41) is 0.0868. The number of hydrogen-bond acceptors (Lipinski definition) is 5. The van der Waals surface area contributed by atoms with Crippen molar-refractivity contribution in [2.24, 2.45) is 0 Å². The molecule has 2 amide bonds. The summed E-state index contributed by atoms with van der Waals surface area (Å²) in [7, 11) is -2.05. The van der Waals surface area contributed by atoms with Crippen molar-refractivity contribution in [1.82, 2.24) is 24.3 Å². The number of nitrogens with zero attached hydrogens (tertiary/aromatic N) is 5. The molecule has 5 rings (SSSR count). The molecule has 0 unspecified atom stereocenters. The number of benzene rings is 1. The predicted octanol–water partition coefficient (Wildman–Crippen LogP) is 4.92.